The number of ether oxygens (including phenoxy) is 2. The molecule has 0 aliphatic heterocycles. The van der Waals surface area contributed by atoms with Crippen LogP contribution in [0, 0.1) is 0 Å². The molecule has 0 aliphatic carbocycles. The van der Waals surface area contributed by atoms with Crippen LogP contribution in [-0.4, -0.2) is 33.5 Å². The molecule has 10 heteroatoms. The van der Waals surface area contributed by atoms with Crippen LogP contribution in [0.4, 0.5) is 5.69 Å². The highest BCUT2D eigenvalue weighted by Gasteiger charge is 2.15. The van der Waals surface area contributed by atoms with Gasteiger partial charge in [-0.1, -0.05) is 53.2 Å². The molecule has 0 unspecified atom stereocenters. The van der Waals surface area contributed by atoms with E-state index in [4.69, 9.17) is 32.7 Å². The van der Waals surface area contributed by atoms with Crippen LogP contribution >= 0.6 is 35.0 Å². The second-order valence-electron chi connectivity index (χ2n) is 6.23. The molecule has 0 aliphatic rings. The molecule has 0 radical (unpaired) electrons. The Morgan fingerprint density at radius 1 is 1.19 bits per heavy atom. The fourth-order valence-corrected chi connectivity index (χ4v) is 3.97. The van der Waals surface area contributed by atoms with E-state index in [1.54, 1.807) is 31.4 Å². The molecule has 162 valence electrons. The van der Waals surface area contributed by atoms with Gasteiger partial charge in [-0.3, -0.25) is 9.36 Å². The number of carbonyl (C=O) groups excluding carboxylic acids is 1. The number of rotatable bonds is 10. The molecular weight excluding hydrogens is 459 g/mol. The minimum absolute atomic E-state index is 0.132. The van der Waals surface area contributed by atoms with Gasteiger partial charge in [-0.05, 0) is 30.3 Å². The highest BCUT2D eigenvalue weighted by atomic mass is 35.5. The van der Waals surface area contributed by atoms with Gasteiger partial charge in [-0.25, -0.2) is 0 Å². The fourth-order valence-electron chi connectivity index (χ4n) is 2.68. The van der Waals surface area contributed by atoms with Crippen molar-refractivity contribution in [2.24, 2.45) is 0 Å². The Morgan fingerprint density at radius 2 is 1.90 bits per heavy atom. The van der Waals surface area contributed by atoms with Gasteiger partial charge >= 0.3 is 0 Å². The van der Waals surface area contributed by atoms with E-state index >= 15 is 0 Å². The monoisotopic (exact) mass is 478 g/mol. The molecule has 0 saturated heterocycles. The van der Waals surface area contributed by atoms with E-state index in [1.807, 2.05) is 28.8 Å². The van der Waals surface area contributed by atoms with Crippen molar-refractivity contribution in [1.29, 1.82) is 0 Å². The van der Waals surface area contributed by atoms with Gasteiger partial charge in [-0.15, -0.1) is 16.8 Å². The predicted molar refractivity (Wildman–Crippen MR) is 123 cm³/mol. The first kappa shape index (κ1) is 23.0. The lowest BCUT2D eigenvalue weighted by Crippen LogP contribution is -2.15. The molecule has 0 spiro atoms. The summed E-state index contributed by atoms with van der Waals surface area (Å²) in [5.74, 6) is 1.75. The topological polar surface area (TPSA) is 78.3 Å². The minimum Gasteiger partial charge on any atom is -0.493 e. The van der Waals surface area contributed by atoms with Gasteiger partial charge in [-0.2, -0.15) is 0 Å². The Hall–Kier alpha value is -2.68. The minimum atomic E-state index is -0.219. The molecule has 7 nitrogen and oxygen atoms in total. The number of benzene rings is 2. The second kappa shape index (κ2) is 11.1. The first-order chi connectivity index (χ1) is 15.0. The largest absolute Gasteiger partial charge is 0.493 e. The molecule has 1 heterocycles. The predicted octanol–water partition coefficient (Wildman–Crippen LogP) is 5.09. The number of amides is 1. The van der Waals surface area contributed by atoms with Gasteiger partial charge in [0.25, 0.3) is 0 Å². The normalized spacial score (nSPS) is 10.5. The smallest absolute Gasteiger partial charge is 0.234 e. The van der Waals surface area contributed by atoms with E-state index < -0.39 is 0 Å². The van der Waals surface area contributed by atoms with Gasteiger partial charge in [0.05, 0.1) is 12.9 Å². The number of halogens is 2. The lowest BCUT2D eigenvalue weighted by Gasteiger charge is -2.11. The van der Waals surface area contributed by atoms with Crippen molar-refractivity contribution >= 4 is 46.6 Å². The van der Waals surface area contributed by atoms with Crippen molar-refractivity contribution < 1.29 is 14.3 Å². The number of hydrogen-bond acceptors (Lipinski definition) is 6. The molecule has 0 saturated carbocycles. The van der Waals surface area contributed by atoms with Crippen LogP contribution in [0.5, 0.6) is 11.5 Å². The summed E-state index contributed by atoms with van der Waals surface area (Å²) in [7, 11) is 1.58. The zero-order chi connectivity index (χ0) is 22.2. The average molecular weight is 479 g/mol. The van der Waals surface area contributed by atoms with Crippen molar-refractivity contribution in [2.75, 3.05) is 18.2 Å². The average Bonchev–Trinajstić information content (AvgIpc) is 3.12. The second-order valence-corrected chi connectivity index (χ2v) is 8.05. The number of para-hydroxylation sites is 2. The van der Waals surface area contributed by atoms with Crippen LogP contribution < -0.4 is 14.8 Å². The maximum atomic E-state index is 12.3. The van der Waals surface area contributed by atoms with E-state index in [9.17, 15) is 4.79 Å². The summed E-state index contributed by atoms with van der Waals surface area (Å²) in [6.45, 7) is 4.45. The summed E-state index contributed by atoms with van der Waals surface area (Å²) in [6, 6.07) is 12.2. The zero-order valence-electron chi connectivity index (χ0n) is 16.7. The SMILES string of the molecule is C=CCn1c(COc2ccccc2OC)nnc1SCC(=O)Nc1cc(Cl)cc(Cl)c1. The molecule has 31 heavy (non-hydrogen) atoms. The molecule has 0 fully saturated rings. The van der Waals surface area contributed by atoms with Gasteiger partial charge in [0.2, 0.25) is 5.91 Å². The van der Waals surface area contributed by atoms with Crippen LogP contribution in [0.3, 0.4) is 0 Å². The Bertz CT molecular complexity index is 1050. The first-order valence-corrected chi connectivity index (χ1v) is 10.9. The number of aromatic nitrogens is 3. The van der Waals surface area contributed by atoms with Crippen molar-refractivity contribution in [3.63, 3.8) is 0 Å². The Labute approximate surface area is 194 Å². The van der Waals surface area contributed by atoms with E-state index in [1.165, 1.54) is 11.8 Å². The number of methoxy groups -OCH3 is 1. The van der Waals surface area contributed by atoms with Gasteiger partial charge in [0.15, 0.2) is 22.5 Å². The van der Waals surface area contributed by atoms with Crippen LogP contribution in [0.1, 0.15) is 5.82 Å². The van der Waals surface area contributed by atoms with Gasteiger partial charge < -0.3 is 14.8 Å². The van der Waals surface area contributed by atoms with E-state index in [-0.39, 0.29) is 18.3 Å². The Morgan fingerprint density at radius 3 is 2.58 bits per heavy atom. The molecule has 3 rings (SSSR count). The van der Waals surface area contributed by atoms with Crippen molar-refractivity contribution in [1.82, 2.24) is 14.8 Å². The lowest BCUT2D eigenvalue weighted by molar-refractivity contribution is -0.113. The molecule has 0 atom stereocenters. The summed E-state index contributed by atoms with van der Waals surface area (Å²) in [6.07, 6.45) is 1.73. The van der Waals surface area contributed by atoms with Gasteiger partial charge in [0, 0.05) is 22.3 Å². The first-order valence-electron chi connectivity index (χ1n) is 9.17. The third-order valence-electron chi connectivity index (χ3n) is 4.01. The molecule has 1 aromatic heterocycles. The van der Waals surface area contributed by atoms with Crippen molar-refractivity contribution in [2.45, 2.75) is 18.3 Å². The third kappa shape index (κ3) is 6.40. The number of nitrogens with one attached hydrogen (secondary N) is 1. The van der Waals surface area contributed by atoms with Crippen LogP contribution in [-0.2, 0) is 17.9 Å². The van der Waals surface area contributed by atoms with Crippen LogP contribution in [0.25, 0.3) is 0 Å². The standard InChI is InChI=1S/C21H20Cl2N4O3S/c1-3-8-27-19(12-30-18-7-5-4-6-17(18)29-2)25-26-21(27)31-13-20(28)24-16-10-14(22)9-15(23)11-16/h3-7,9-11H,1,8,12-13H2,2H3,(H,24,28). The fraction of sp³-hybridized carbons (Fsp3) is 0.190. The molecule has 2 aromatic carbocycles. The third-order valence-corrected chi connectivity index (χ3v) is 5.41. The summed E-state index contributed by atoms with van der Waals surface area (Å²) >= 11 is 13.2. The molecular formula is C21H20Cl2N4O3S. The number of nitrogens with zero attached hydrogens (tertiary/aromatic N) is 3. The molecule has 1 N–H and O–H groups in total. The van der Waals surface area contributed by atoms with E-state index in [0.717, 1.165) is 0 Å². The quantitative estimate of drug-likeness (QED) is 0.323. The Balaban J connectivity index is 1.64. The summed E-state index contributed by atoms with van der Waals surface area (Å²) in [4.78, 5) is 12.3. The lowest BCUT2D eigenvalue weighted by atomic mass is 10.3. The highest BCUT2D eigenvalue weighted by molar-refractivity contribution is 7.99. The zero-order valence-corrected chi connectivity index (χ0v) is 19.0. The molecule has 0 bridgehead atoms. The highest BCUT2D eigenvalue weighted by Crippen LogP contribution is 2.27. The number of anilines is 1. The van der Waals surface area contributed by atoms with Gasteiger partial charge in [0.1, 0.15) is 6.61 Å². The Kier molecular flexibility index (Phi) is 8.22. The van der Waals surface area contributed by atoms with E-state index in [2.05, 4.69) is 22.1 Å². The van der Waals surface area contributed by atoms with Crippen molar-refractivity contribution in [3.8, 4) is 11.5 Å². The van der Waals surface area contributed by atoms with E-state index in [0.29, 0.717) is 44.8 Å². The number of thioether (sulfide) groups is 1. The molecule has 1 amide bonds. The summed E-state index contributed by atoms with van der Waals surface area (Å²) < 4.78 is 13.0. The van der Waals surface area contributed by atoms with Crippen LogP contribution in [0.2, 0.25) is 10.0 Å². The summed E-state index contributed by atoms with van der Waals surface area (Å²) in [5, 5.41) is 12.6. The van der Waals surface area contributed by atoms with Crippen molar-refractivity contribution in [3.05, 3.63) is 71.0 Å². The maximum Gasteiger partial charge on any atom is 0.234 e. The number of carbonyl (C=O) groups is 1. The molecule has 3 aromatic rings. The van der Waals surface area contributed by atoms with Crippen LogP contribution in [0.15, 0.2) is 60.3 Å². The number of hydrogen-bond donors (Lipinski definition) is 1. The maximum absolute atomic E-state index is 12.3. The number of allylic oxidation sites excluding steroid dienone is 1. The summed E-state index contributed by atoms with van der Waals surface area (Å²) in [5.41, 5.74) is 0.529.